The van der Waals surface area contributed by atoms with E-state index in [-0.39, 0.29) is 6.42 Å². The number of carboxylic acid groups (broad SMARTS) is 1. The molecule has 2 rings (SSSR count). The molecular weight excluding hydrogens is 356 g/mol. The molecule has 0 bridgehead atoms. The van der Waals surface area contributed by atoms with Crippen molar-refractivity contribution >= 4 is 33.5 Å². The van der Waals surface area contributed by atoms with Gasteiger partial charge in [0.25, 0.3) is 0 Å². The molecule has 3 nitrogen and oxygen atoms in total. The first-order chi connectivity index (χ1) is 9.89. The summed E-state index contributed by atoms with van der Waals surface area (Å²) in [6.07, 6.45) is 0.246. The van der Waals surface area contributed by atoms with Crippen LogP contribution in [0.1, 0.15) is 12.5 Å². The molecule has 0 amide bonds. The van der Waals surface area contributed by atoms with Crippen LogP contribution in [0.4, 0.5) is 0 Å². The topological polar surface area (TPSA) is 46.5 Å². The molecule has 0 aliphatic carbocycles. The molecule has 0 radical (unpaired) electrons. The first-order valence-corrected chi connectivity index (χ1v) is 7.48. The number of halogens is 2. The zero-order chi connectivity index (χ0) is 15.5. The molecule has 1 atom stereocenters. The molecule has 110 valence electrons. The summed E-state index contributed by atoms with van der Waals surface area (Å²) in [7, 11) is 0. The summed E-state index contributed by atoms with van der Waals surface area (Å²) >= 11 is 9.17. The van der Waals surface area contributed by atoms with Gasteiger partial charge in [-0.25, -0.2) is 4.79 Å². The van der Waals surface area contributed by atoms with Crippen molar-refractivity contribution in [1.82, 2.24) is 0 Å². The molecular formula is C16H14BrClO3. The quantitative estimate of drug-likeness (QED) is 0.840. The number of carbonyl (C=O) groups is 1. The number of aliphatic carboxylic acids is 1. The van der Waals surface area contributed by atoms with Gasteiger partial charge >= 0.3 is 5.97 Å². The Bertz CT molecular complexity index is 575. The Kier molecular flexibility index (Phi) is 4.91. The predicted molar refractivity (Wildman–Crippen MR) is 86.0 cm³/mol. The van der Waals surface area contributed by atoms with Crippen molar-refractivity contribution < 1.29 is 14.6 Å². The van der Waals surface area contributed by atoms with E-state index in [0.717, 1.165) is 10.0 Å². The molecule has 21 heavy (non-hydrogen) atoms. The van der Waals surface area contributed by atoms with E-state index in [1.165, 1.54) is 0 Å². The number of hydrogen-bond acceptors (Lipinski definition) is 2. The van der Waals surface area contributed by atoms with Gasteiger partial charge in [-0.1, -0.05) is 39.7 Å². The van der Waals surface area contributed by atoms with Crippen LogP contribution in [0.5, 0.6) is 5.75 Å². The van der Waals surface area contributed by atoms with Crippen LogP contribution in [0.25, 0.3) is 0 Å². The van der Waals surface area contributed by atoms with Crippen molar-refractivity contribution in [3.8, 4) is 5.75 Å². The Morgan fingerprint density at radius 3 is 2.29 bits per heavy atom. The number of rotatable bonds is 5. The van der Waals surface area contributed by atoms with E-state index in [1.807, 2.05) is 0 Å². The van der Waals surface area contributed by atoms with Gasteiger partial charge in [-0.3, -0.25) is 0 Å². The van der Waals surface area contributed by atoms with Gasteiger partial charge in [0.05, 0.1) is 0 Å². The van der Waals surface area contributed by atoms with E-state index in [4.69, 9.17) is 16.3 Å². The van der Waals surface area contributed by atoms with E-state index in [2.05, 4.69) is 15.9 Å². The van der Waals surface area contributed by atoms with Crippen LogP contribution in [-0.4, -0.2) is 16.7 Å². The molecule has 0 heterocycles. The predicted octanol–water partition coefficient (Wildman–Crippen LogP) is 4.57. The third-order valence-electron chi connectivity index (χ3n) is 3.06. The van der Waals surface area contributed by atoms with Crippen LogP contribution < -0.4 is 4.74 Å². The molecule has 0 saturated heterocycles. The fourth-order valence-electron chi connectivity index (χ4n) is 1.91. The van der Waals surface area contributed by atoms with E-state index in [9.17, 15) is 9.90 Å². The molecule has 5 heteroatoms. The summed E-state index contributed by atoms with van der Waals surface area (Å²) < 4.78 is 6.61. The maximum atomic E-state index is 11.6. The normalized spacial score (nSPS) is 13.5. The summed E-state index contributed by atoms with van der Waals surface area (Å²) in [6, 6.07) is 14.1. The van der Waals surface area contributed by atoms with Crippen LogP contribution in [-0.2, 0) is 11.2 Å². The summed E-state index contributed by atoms with van der Waals surface area (Å²) in [4.78, 5) is 11.6. The summed E-state index contributed by atoms with van der Waals surface area (Å²) in [6.45, 7) is 1.56. The molecule has 0 unspecified atom stereocenters. The fraction of sp³-hybridized carbons (Fsp3) is 0.188. The van der Waals surface area contributed by atoms with Crippen molar-refractivity contribution in [3.05, 3.63) is 63.6 Å². The monoisotopic (exact) mass is 368 g/mol. The van der Waals surface area contributed by atoms with Crippen molar-refractivity contribution in [2.45, 2.75) is 18.9 Å². The van der Waals surface area contributed by atoms with Gasteiger partial charge in [-0.15, -0.1) is 0 Å². The van der Waals surface area contributed by atoms with Crippen LogP contribution in [0, 0.1) is 0 Å². The first-order valence-electron chi connectivity index (χ1n) is 6.31. The Balaban J connectivity index is 2.21. The van der Waals surface area contributed by atoms with Gasteiger partial charge < -0.3 is 9.84 Å². The van der Waals surface area contributed by atoms with Gasteiger partial charge in [-0.2, -0.15) is 0 Å². The van der Waals surface area contributed by atoms with Gasteiger partial charge in [0.2, 0.25) is 5.60 Å². The van der Waals surface area contributed by atoms with E-state index in [0.29, 0.717) is 10.8 Å². The Morgan fingerprint density at radius 1 is 1.19 bits per heavy atom. The average Bonchev–Trinajstić information content (AvgIpc) is 2.44. The van der Waals surface area contributed by atoms with Crippen LogP contribution in [0.15, 0.2) is 53.0 Å². The smallest absolute Gasteiger partial charge is 0.348 e. The number of benzene rings is 2. The molecule has 0 aliphatic rings. The molecule has 0 aromatic heterocycles. The lowest BCUT2D eigenvalue weighted by molar-refractivity contribution is -0.153. The standard InChI is InChI=1S/C16H14BrClO3/c1-16(15(19)20,10-11-2-6-13(18)7-3-11)21-14-8-4-12(17)5-9-14/h2-9H,10H2,1H3,(H,19,20)/t16-/m0/s1. The number of carboxylic acids is 1. The average molecular weight is 370 g/mol. The highest BCUT2D eigenvalue weighted by Crippen LogP contribution is 2.25. The second-order valence-electron chi connectivity index (χ2n) is 4.90. The highest BCUT2D eigenvalue weighted by molar-refractivity contribution is 9.10. The maximum absolute atomic E-state index is 11.6. The highest BCUT2D eigenvalue weighted by atomic mass is 79.9. The molecule has 0 fully saturated rings. The lowest BCUT2D eigenvalue weighted by atomic mass is 9.96. The Morgan fingerprint density at radius 2 is 1.76 bits per heavy atom. The molecule has 2 aromatic rings. The Labute approximate surface area is 136 Å². The lowest BCUT2D eigenvalue weighted by Crippen LogP contribution is -2.43. The van der Waals surface area contributed by atoms with Gasteiger partial charge in [0, 0.05) is 15.9 Å². The second-order valence-corrected chi connectivity index (χ2v) is 6.25. The van der Waals surface area contributed by atoms with E-state index >= 15 is 0 Å². The summed E-state index contributed by atoms with van der Waals surface area (Å²) in [5, 5.41) is 10.1. The van der Waals surface area contributed by atoms with Crippen LogP contribution >= 0.6 is 27.5 Å². The van der Waals surface area contributed by atoms with Crippen molar-refractivity contribution in [1.29, 1.82) is 0 Å². The molecule has 0 spiro atoms. The molecule has 0 aliphatic heterocycles. The summed E-state index contributed by atoms with van der Waals surface area (Å²) in [5.74, 6) is -0.502. The van der Waals surface area contributed by atoms with Crippen LogP contribution in [0.3, 0.4) is 0 Å². The molecule has 0 saturated carbocycles. The van der Waals surface area contributed by atoms with Crippen LogP contribution in [0.2, 0.25) is 5.02 Å². The molecule has 2 aromatic carbocycles. The van der Waals surface area contributed by atoms with Gasteiger partial charge in [0.15, 0.2) is 0 Å². The summed E-state index contributed by atoms with van der Waals surface area (Å²) in [5.41, 5.74) is -0.497. The van der Waals surface area contributed by atoms with Crippen molar-refractivity contribution in [2.75, 3.05) is 0 Å². The number of hydrogen-bond donors (Lipinski definition) is 1. The van der Waals surface area contributed by atoms with E-state index in [1.54, 1.807) is 55.5 Å². The SMILES string of the molecule is C[C@@](Cc1ccc(Cl)cc1)(Oc1ccc(Br)cc1)C(=O)O. The second kappa shape index (κ2) is 6.50. The third-order valence-corrected chi connectivity index (χ3v) is 3.84. The highest BCUT2D eigenvalue weighted by Gasteiger charge is 2.36. The minimum absolute atomic E-state index is 0.246. The number of ether oxygens (including phenoxy) is 1. The zero-order valence-electron chi connectivity index (χ0n) is 11.3. The minimum Gasteiger partial charge on any atom is -0.478 e. The van der Waals surface area contributed by atoms with E-state index < -0.39 is 11.6 Å². The van der Waals surface area contributed by atoms with Gasteiger partial charge in [0.1, 0.15) is 5.75 Å². The fourth-order valence-corrected chi connectivity index (χ4v) is 2.30. The third kappa shape index (κ3) is 4.22. The Hall–Kier alpha value is -1.52. The lowest BCUT2D eigenvalue weighted by Gasteiger charge is -2.26. The zero-order valence-corrected chi connectivity index (χ0v) is 13.7. The first kappa shape index (κ1) is 15.9. The van der Waals surface area contributed by atoms with Crippen molar-refractivity contribution in [3.63, 3.8) is 0 Å². The maximum Gasteiger partial charge on any atom is 0.348 e. The largest absolute Gasteiger partial charge is 0.478 e. The minimum atomic E-state index is -1.35. The van der Waals surface area contributed by atoms with Gasteiger partial charge in [-0.05, 0) is 48.9 Å². The molecule has 1 N–H and O–H groups in total. The van der Waals surface area contributed by atoms with Crippen molar-refractivity contribution in [2.24, 2.45) is 0 Å².